The van der Waals surface area contributed by atoms with E-state index >= 15 is 0 Å². The Morgan fingerprint density at radius 1 is 1.56 bits per heavy atom. The van der Waals surface area contributed by atoms with Gasteiger partial charge >= 0.3 is 6.03 Å². The Bertz CT molecular complexity index is 342. The molecule has 0 saturated carbocycles. The van der Waals surface area contributed by atoms with Crippen LogP contribution < -0.4 is 11.1 Å². The largest absolute Gasteiger partial charge is 0.338 e. The molecule has 5 heteroatoms. The van der Waals surface area contributed by atoms with Crippen LogP contribution in [0.3, 0.4) is 0 Å². The summed E-state index contributed by atoms with van der Waals surface area (Å²) in [5.74, 6) is 0. The Balaban J connectivity index is 2.57. The van der Waals surface area contributed by atoms with E-state index in [2.05, 4.69) is 10.3 Å². The van der Waals surface area contributed by atoms with Crippen molar-refractivity contribution >= 4 is 6.03 Å². The minimum absolute atomic E-state index is 0.0332. The monoisotopic (exact) mass is 250 g/mol. The first-order valence-corrected chi connectivity index (χ1v) is 6.39. The standard InChI is InChI=1S/C13H22N4O/c1-2-7-16-13(18)17(9-4-6-14)11-12-5-3-8-15-10-12/h3,5,8,10H,2,4,6-7,9,11,14H2,1H3,(H,16,18). The normalized spacial score (nSPS) is 10.1. The zero-order valence-corrected chi connectivity index (χ0v) is 10.9. The van der Waals surface area contributed by atoms with Crippen LogP contribution in [0.5, 0.6) is 0 Å². The fraction of sp³-hybridized carbons (Fsp3) is 0.538. The summed E-state index contributed by atoms with van der Waals surface area (Å²) in [5.41, 5.74) is 6.53. The summed E-state index contributed by atoms with van der Waals surface area (Å²) in [5, 5.41) is 2.89. The van der Waals surface area contributed by atoms with Crippen LogP contribution >= 0.6 is 0 Å². The minimum atomic E-state index is -0.0332. The molecular weight excluding hydrogens is 228 g/mol. The van der Waals surface area contributed by atoms with Gasteiger partial charge in [-0.15, -0.1) is 0 Å². The topological polar surface area (TPSA) is 71.2 Å². The summed E-state index contributed by atoms with van der Waals surface area (Å²) in [6, 6.07) is 3.81. The second kappa shape index (κ2) is 8.47. The highest BCUT2D eigenvalue weighted by atomic mass is 16.2. The fourth-order valence-corrected chi connectivity index (χ4v) is 1.59. The second-order valence-corrected chi connectivity index (χ2v) is 4.16. The summed E-state index contributed by atoms with van der Waals surface area (Å²) in [4.78, 5) is 17.8. The number of carbonyl (C=O) groups excluding carboxylic acids is 1. The van der Waals surface area contributed by atoms with Gasteiger partial charge in [0.15, 0.2) is 0 Å². The summed E-state index contributed by atoms with van der Waals surface area (Å²) >= 11 is 0. The molecule has 0 atom stereocenters. The van der Waals surface area contributed by atoms with Crippen LogP contribution in [0.1, 0.15) is 25.3 Å². The molecule has 0 unspecified atom stereocenters. The number of carbonyl (C=O) groups is 1. The van der Waals surface area contributed by atoms with E-state index in [1.165, 1.54) is 0 Å². The van der Waals surface area contributed by atoms with Gasteiger partial charge < -0.3 is 16.0 Å². The summed E-state index contributed by atoms with van der Waals surface area (Å²) in [6.45, 7) is 4.56. The summed E-state index contributed by atoms with van der Waals surface area (Å²) in [7, 11) is 0. The van der Waals surface area contributed by atoms with Crippen molar-refractivity contribution in [3.8, 4) is 0 Å². The van der Waals surface area contributed by atoms with E-state index in [9.17, 15) is 4.79 Å². The van der Waals surface area contributed by atoms with E-state index in [1.807, 2.05) is 19.1 Å². The summed E-state index contributed by atoms with van der Waals surface area (Å²) in [6.07, 6.45) is 5.25. The molecule has 0 aliphatic heterocycles. The van der Waals surface area contributed by atoms with E-state index in [4.69, 9.17) is 5.73 Å². The predicted molar refractivity (Wildman–Crippen MR) is 72.0 cm³/mol. The summed E-state index contributed by atoms with van der Waals surface area (Å²) < 4.78 is 0. The van der Waals surface area contributed by atoms with Gasteiger partial charge in [-0.2, -0.15) is 0 Å². The van der Waals surface area contributed by atoms with Crippen molar-refractivity contribution in [3.63, 3.8) is 0 Å². The number of pyridine rings is 1. The van der Waals surface area contributed by atoms with Crippen molar-refractivity contribution < 1.29 is 4.79 Å². The van der Waals surface area contributed by atoms with Gasteiger partial charge in [0.2, 0.25) is 0 Å². The number of amides is 2. The van der Waals surface area contributed by atoms with Crippen molar-refractivity contribution in [2.45, 2.75) is 26.3 Å². The van der Waals surface area contributed by atoms with E-state index in [1.54, 1.807) is 17.3 Å². The van der Waals surface area contributed by atoms with E-state index < -0.39 is 0 Å². The number of rotatable bonds is 7. The zero-order valence-electron chi connectivity index (χ0n) is 10.9. The molecule has 0 aliphatic rings. The third-order valence-electron chi connectivity index (χ3n) is 2.54. The molecule has 0 aromatic carbocycles. The number of nitrogens with one attached hydrogen (secondary N) is 1. The van der Waals surface area contributed by atoms with Gasteiger partial charge in [-0.3, -0.25) is 4.98 Å². The quantitative estimate of drug-likeness (QED) is 0.767. The Labute approximate surface area is 108 Å². The molecule has 100 valence electrons. The van der Waals surface area contributed by atoms with Gasteiger partial charge in [0.05, 0.1) is 0 Å². The third kappa shape index (κ3) is 5.14. The maximum Gasteiger partial charge on any atom is 0.317 e. The molecule has 0 bridgehead atoms. The molecule has 1 rings (SSSR count). The van der Waals surface area contributed by atoms with Crippen molar-refractivity contribution in [1.29, 1.82) is 0 Å². The molecule has 0 aliphatic carbocycles. The first-order valence-electron chi connectivity index (χ1n) is 6.39. The molecule has 2 amide bonds. The highest BCUT2D eigenvalue weighted by Gasteiger charge is 2.12. The van der Waals surface area contributed by atoms with E-state index in [-0.39, 0.29) is 6.03 Å². The molecule has 0 radical (unpaired) electrons. The van der Waals surface area contributed by atoms with Gasteiger partial charge in [-0.05, 0) is 31.0 Å². The lowest BCUT2D eigenvalue weighted by atomic mass is 10.2. The minimum Gasteiger partial charge on any atom is -0.338 e. The molecule has 1 aromatic rings. The third-order valence-corrected chi connectivity index (χ3v) is 2.54. The van der Waals surface area contributed by atoms with Gasteiger partial charge in [0.1, 0.15) is 0 Å². The Morgan fingerprint density at radius 3 is 3.00 bits per heavy atom. The van der Waals surface area contributed by atoms with Crippen molar-refractivity contribution in [2.24, 2.45) is 5.73 Å². The highest BCUT2D eigenvalue weighted by Crippen LogP contribution is 2.04. The lowest BCUT2D eigenvalue weighted by Crippen LogP contribution is -2.40. The highest BCUT2D eigenvalue weighted by molar-refractivity contribution is 5.74. The first-order chi connectivity index (χ1) is 8.77. The average molecular weight is 250 g/mol. The van der Waals surface area contributed by atoms with Crippen LogP contribution in [-0.2, 0) is 6.54 Å². The van der Waals surface area contributed by atoms with E-state index in [0.717, 1.165) is 18.4 Å². The average Bonchev–Trinajstić information content (AvgIpc) is 2.42. The van der Waals surface area contributed by atoms with Gasteiger partial charge in [0.25, 0.3) is 0 Å². The molecule has 0 spiro atoms. The first kappa shape index (κ1) is 14.4. The van der Waals surface area contributed by atoms with Crippen LogP contribution in [0.15, 0.2) is 24.5 Å². The molecule has 3 N–H and O–H groups in total. The molecule has 1 aromatic heterocycles. The number of urea groups is 1. The molecule has 0 saturated heterocycles. The SMILES string of the molecule is CCCNC(=O)N(CCCN)Cc1cccnc1. The van der Waals surface area contributed by atoms with Crippen LogP contribution in [0.2, 0.25) is 0 Å². The Kier molecular flexibility index (Phi) is 6.79. The molecule has 0 fully saturated rings. The van der Waals surface area contributed by atoms with Crippen molar-refractivity contribution in [3.05, 3.63) is 30.1 Å². The van der Waals surface area contributed by atoms with Crippen LogP contribution in [0, 0.1) is 0 Å². The maximum atomic E-state index is 12.0. The van der Waals surface area contributed by atoms with Crippen LogP contribution in [0.25, 0.3) is 0 Å². The fourth-order valence-electron chi connectivity index (χ4n) is 1.59. The Hall–Kier alpha value is -1.62. The Morgan fingerprint density at radius 2 is 2.39 bits per heavy atom. The van der Waals surface area contributed by atoms with Crippen LogP contribution in [-0.4, -0.2) is 35.5 Å². The van der Waals surface area contributed by atoms with E-state index in [0.29, 0.717) is 26.2 Å². The maximum absolute atomic E-state index is 12.0. The lowest BCUT2D eigenvalue weighted by molar-refractivity contribution is 0.194. The molecule has 18 heavy (non-hydrogen) atoms. The van der Waals surface area contributed by atoms with Gasteiger partial charge in [-0.25, -0.2) is 4.79 Å². The van der Waals surface area contributed by atoms with Gasteiger partial charge in [0, 0.05) is 32.0 Å². The molecule has 1 heterocycles. The van der Waals surface area contributed by atoms with Crippen molar-refractivity contribution in [2.75, 3.05) is 19.6 Å². The predicted octanol–water partition coefficient (Wildman–Crippen LogP) is 1.35. The number of hydrogen-bond acceptors (Lipinski definition) is 3. The molecular formula is C13H22N4O. The smallest absolute Gasteiger partial charge is 0.317 e. The zero-order chi connectivity index (χ0) is 13.2. The second-order valence-electron chi connectivity index (χ2n) is 4.16. The van der Waals surface area contributed by atoms with Crippen LogP contribution in [0.4, 0.5) is 4.79 Å². The number of nitrogens with zero attached hydrogens (tertiary/aromatic N) is 2. The number of hydrogen-bond donors (Lipinski definition) is 2. The van der Waals surface area contributed by atoms with Crippen molar-refractivity contribution in [1.82, 2.24) is 15.2 Å². The number of aromatic nitrogens is 1. The lowest BCUT2D eigenvalue weighted by Gasteiger charge is -2.22. The number of nitrogens with two attached hydrogens (primary N) is 1. The van der Waals surface area contributed by atoms with Gasteiger partial charge in [-0.1, -0.05) is 13.0 Å². The molecule has 5 nitrogen and oxygen atoms in total.